The Morgan fingerprint density at radius 1 is 1.14 bits per heavy atom. The van der Waals surface area contributed by atoms with Crippen molar-refractivity contribution < 1.29 is 23.1 Å². The van der Waals surface area contributed by atoms with Crippen molar-refractivity contribution in [3.8, 4) is 5.75 Å². The van der Waals surface area contributed by atoms with Crippen molar-refractivity contribution in [2.75, 3.05) is 11.3 Å². The highest BCUT2D eigenvalue weighted by Crippen LogP contribution is 2.28. The summed E-state index contributed by atoms with van der Waals surface area (Å²) in [4.78, 5) is 10.9. The number of anilines is 1. The molecular weight excluding hydrogens is 306 g/mol. The van der Waals surface area contributed by atoms with Crippen LogP contribution in [0.4, 0.5) is 5.69 Å². The van der Waals surface area contributed by atoms with Crippen molar-refractivity contribution in [1.82, 2.24) is 0 Å². The summed E-state index contributed by atoms with van der Waals surface area (Å²) in [5.41, 5.74) is 1.27. The minimum absolute atomic E-state index is 0.0950. The van der Waals surface area contributed by atoms with Gasteiger partial charge in [-0.15, -0.1) is 0 Å². The Labute approximate surface area is 127 Å². The molecule has 0 aliphatic carbocycles. The number of carbonyl (C=O) groups is 1. The van der Waals surface area contributed by atoms with Crippen molar-refractivity contribution in [2.45, 2.75) is 11.3 Å². The number of nitrogens with one attached hydrogen (secondary N) is 1. The van der Waals surface area contributed by atoms with Gasteiger partial charge in [0.1, 0.15) is 5.75 Å². The molecule has 0 saturated heterocycles. The number of carboxylic acid groups (broad SMARTS) is 1. The van der Waals surface area contributed by atoms with Gasteiger partial charge in [0.25, 0.3) is 10.0 Å². The first-order valence-electron chi connectivity index (χ1n) is 6.58. The molecule has 0 spiro atoms. The molecule has 3 rings (SSSR count). The Hall–Kier alpha value is -2.54. The number of benzene rings is 2. The lowest BCUT2D eigenvalue weighted by Gasteiger charge is -2.09. The molecule has 7 heteroatoms. The van der Waals surface area contributed by atoms with Gasteiger partial charge in [0.2, 0.25) is 0 Å². The number of carboxylic acids is 1. The molecule has 22 heavy (non-hydrogen) atoms. The largest absolute Gasteiger partial charge is 0.493 e. The van der Waals surface area contributed by atoms with Gasteiger partial charge in [-0.25, -0.2) is 13.2 Å². The highest BCUT2D eigenvalue weighted by atomic mass is 32.2. The summed E-state index contributed by atoms with van der Waals surface area (Å²) in [6.07, 6.45) is 0.687. The van der Waals surface area contributed by atoms with Gasteiger partial charge in [0, 0.05) is 12.1 Å². The van der Waals surface area contributed by atoms with Gasteiger partial charge in [-0.3, -0.25) is 4.72 Å². The van der Waals surface area contributed by atoms with Crippen LogP contribution in [0.2, 0.25) is 0 Å². The monoisotopic (exact) mass is 319 g/mol. The van der Waals surface area contributed by atoms with E-state index in [1.165, 1.54) is 30.3 Å². The van der Waals surface area contributed by atoms with Gasteiger partial charge in [-0.1, -0.05) is 0 Å². The summed E-state index contributed by atoms with van der Waals surface area (Å²) in [7, 11) is -3.72. The van der Waals surface area contributed by atoms with E-state index in [4.69, 9.17) is 9.84 Å². The summed E-state index contributed by atoms with van der Waals surface area (Å²) in [6, 6.07) is 10.2. The van der Waals surface area contributed by atoms with Crippen LogP contribution in [0.5, 0.6) is 5.75 Å². The Morgan fingerprint density at radius 3 is 2.55 bits per heavy atom. The molecule has 2 aromatic rings. The molecule has 1 heterocycles. The van der Waals surface area contributed by atoms with E-state index >= 15 is 0 Å². The Balaban J connectivity index is 1.85. The standard InChI is InChI=1S/C15H13NO5S/c17-15(18)10-1-3-12(4-2-10)16-22(19,20)13-5-6-14-11(9-13)7-8-21-14/h1-6,9,16H,7-8H2,(H,17,18). The molecule has 1 aliphatic rings. The summed E-state index contributed by atoms with van der Waals surface area (Å²) >= 11 is 0. The van der Waals surface area contributed by atoms with Crippen LogP contribution in [0.3, 0.4) is 0 Å². The fraction of sp³-hybridized carbons (Fsp3) is 0.133. The van der Waals surface area contributed by atoms with Gasteiger partial charge in [-0.2, -0.15) is 0 Å². The third-order valence-electron chi connectivity index (χ3n) is 3.36. The van der Waals surface area contributed by atoms with Crippen molar-refractivity contribution in [3.63, 3.8) is 0 Å². The van der Waals surface area contributed by atoms with E-state index in [2.05, 4.69) is 4.72 Å². The smallest absolute Gasteiger partial charge is 0.335 e. The third-order valence-corrected chi connectivity index (χ3v) is 4.73. The first kappa shape index (κ1) is 14.4. The van der Waals surface area contributed by atoms with E-state index in [0.29, 0.717) is 24.5 Å². The zero-order valence-electron chi connectivity index (χ0n) is 11.4. The fourth-order valence-corrected chi connectivity index (χ4v) is 3.33. The zero-order valence-corrected chi connectivity index (χ0v) is 12.3. The average molecular weight is 319 g/mol. The predicted molar refractivity (Wildman–Crippen MR) is 79.9 cm³/mol. The number of hydrogen-bond donors (Lipinski definition) is 2. The molecule has 6 nitrogen and oxygen atoms in total. The number of rotatable bonds is 4. The van der Waals surface area contributed by atoms with Gasteiger partial charge in [0.15, 0.2) is 0 Å². The van der Waals surface area contributed by atoms with Crippen LogP contribution in [0.25, 0.3) is 0 Å². The molecule has 0 radical (unpaired) electrons. The Bertz CT molecular complexity index is 828. The molecule has 0 amide bonds. The molecule has 0 fully saturated rings. The average Bonchev–Trinajstić information content (AvgIpc) is 2.94. The maximum absolute atomic E-state index is 12.4. The second-order valence-electron chi connectivity index (χ2n) is 4.86. The molecule has 0 bridgehead atoms. The van der Waals surface area contributed by atoms with Crippen molar-refractivity contribution in [3.05, 3.63) is 53.6 Å². The van der Waals surface area contributed by atoms with Crippen molar-refractivity contribution in [2.24, 2.45) is 0 Å². The summed E-state index contributed by atoms with van der Waals surface area (Å²) in [5, 5.41) is 8.83. The number of fused-ring (bicyclic) bond motifs is 1. The van der Waals surface area contributed by atoms with Gasteiger partial charge in [0.05, 0.1) is 17.1 Å². The molecule has 0 aromatic heterocycles. The van der Waals surface area contributed by atoms with Crippen LogP contribution in [0.15, 0.2) is 47.4 Å². The number of ether oxygens (including phenoxy) is 1. The molecule has 2 N–H and O–H groups in total. The fourth-order valence-electron chi connectivity index (χ4n) is 2.23. The summed E-state index contributed by atoms with van der Waals surface area (Å²) in [5.74, 6) is -0.349. The molecular formula is C15H13NO5S. The van der Waals surface area contributed by atoms with Crippen LogP contribution in [-0.2, 0) is 16.4 Å². The molecule has 2 aromatic carbocycles. The number of aromatic carboxylic acids is 1. The minimum atomic E-state index is -3.72. The quantitative estimate of drug-likeness (QED) is 0.900. The van der Waals surface area contributed by atoms with Gasteiger partial charge >= 0.3 is 5.97 Å². The van der Waals surface area contributed by atoms with Crippen molar-refractivity contribution in [1.29, 1.82) is 0 Å². The SMILES string of the molecule is O=C(O)c1ccc(NS(=O)(=O)c2ccc3c(c2)CCO3)cc1. The summed E-state index contributed by atoms with van der Waals surface area (Å²) in [6.45, 7) is 0.558. The molecule has 114 valence electrons. The molecule has 0 saturated carbocycles. The predicted octanol–water partition coefficient (Wildman–Crippen LogP) is 2.12. The van der Waals surface area contributed by atoms with Crippen LogP contribution >= 0.6 is 0 Å². The van der Waals surface area contributed by atoms with Crippen LogP contribution in [0, 0.1) is 0 Å². The normalized spacial score (nSPS) is 13.3. The third kappa shape index (κ3) is 2.75. The maximum Gasteiger partial charge on any atom is 0.335 e. The maximum atomic E-state index is 12.4. The lowest BCUT2D eigenvalue weighted by atomic mass is 10.2. The highest BCUT2D eigenvalue weighted by Gasteiger charge is 2.19. The van der Waals surface area contributed by atoms with E-state index in [9.17, 15) is 13.2 Å². The highest BCUT2D eigenvalue weighted by molar-refractivity contribution is 7.92. The zero-order chi connectivity index (χ0) is 15.7. The van der Waals surface area contributed by atoms with Crippen molar-refractivity contribution >= 4 is 21.7 Å². The van der Waals surface area contributed by atoms with Gasteiger partial charge in [-0.05, 0) is 48.0 Å². The Kier molecular flexibility index (Phi) is 3.50. The molecule has 0 unspecified atom stereocenters. The topological polar surface area (TPSA) is 92.7 Å². The number of sulfonamides is 1. The van der Waals surface area contributed by atoms with Crippen LogP contribution in [-0.4, -0.2) is 26.1 Å². The van der Waals surface area contributed by atoms with E-state index in [-0.39, 0.29) is 10.5 Å². The van der Waals surface area contributed by atoms with E-state index in [1.807, 2.05) is 0 Å². The molecule has 0 atom stereocenters. The van der Waals surface area contributed by atoms with E-state index < -0.39 is 16.0 Å². The summed E-state index contributed by atoms with van der Waals surface area (Å²) < 4.78 is 32.5. The minimum Gasteiger partial charge on any atom is -0.493 e. The van der Waals surface area contributed by atoms with Crippen LogP contribution in [0.1, 0.15) is 15.9 Å². The van der Waals surface area contributed by atoms with Gasteiger partial charge < -0.3 is 9.84 Å². The second-order valence-corrected chi connectivity index (χ2v) is 6.54. The Morgan fingerprint density at radius 2 is 1.86 bits per heavy atom. The lowest BCUT2D eigenvalue weighted by Crippen LogP contribution is -2.13. The van der Waals surface area contributed by atoms with E-state index in [1.54, 1.807) is 12.1 Å². The van der Waals surface area contributed by atoms with E-state index in [0.717, 1.165) is 5.56 Å². The first-order chi connectivity index (χ1) is 10.5. The second kappa shape index (κ2) is 5.34. The number of hydrogen-bond acceptors (Lipinski definition) is 4. The lowest BCUT2D eigenvalue weighted by molar-refractivity contribution is 0.0697. The van der Waals surface area contributed by atoms with Crippen LogP contribution < -0.4 is 9.46 Å². The molecule has 1 aliphatic heterocycles. The first-order valence-corrected chi connectivity index (χ1v) is 8.06.